The molecule has 0 aliphatic rings. The molecule has 0 fully saturated rings. The van der Waals surface area contributed by atoms with E-state index in [1.807, 2.05) is 18.2 Å². The maximum absolute atomic E-state index is 8.98. The van der Waals surface area contributed by atoms with Crippen LogP contribution in [0, 0.1) is 0 Å². The third-order valence-corrected chi connectivity index (χ3v) is 2.41. The van der Waals surface area contributed by atoms with Gasteiger partial charge in [0.05, 0.1) is 0 Å². The second-order valence-corrected chi connectivity index (χ2v) is 3.51. The highest BCUT2D eigenvalue weighted by Gasteiger charge is 1.91. The third kappa shape index (κ3) is 3.20. The fourth-order valence-electron chi connectivity index (χ4n) is 0.723. The molecule has 12 heavy (non-hydrogen) atoms. The van der Waals surface area contributed by atoms with Crippen LogP contribution in [-0.2, 0) is 0 Å². The van der Waals surface area contributed by atoms with Crippen LogP contribution in [0.3, 0.4) is 0 Å². The summed E-state index contributed by atoms with van der Waals surface area (Å²) in [6.07, 6.45) is 1.87. The van der Waals surface area contributed by atoms with Crippen molar-refractivity contribution >= 4 is 23.4 Å². The molecule has 0 aliphatic carbocycles. The number of phenols is 1. The highest BCUT2D eigenvalue weighted by molar-refractivity contribution is 7.99. The average molecular weight is 201 g/mol. The Bertz CT molecular complexity index is 256. The summed E-state index contributed by atoms with van der Waals surface area (Å²) < 4.78 is 0. The Balaban J connectivity index is 2.47. The Morgan fingerprint density at radius 2 is 2.00 bits per heavy atom. The Labute approximate surface area is 81.1 Å². The van der Waals surface area contributed by atoms with Crippen LogP contribution < -0.4 is 0 Å². The second-order valence-electron chi connectivity index (χ2n) is 2.17. The molecule has 0 heterocycles. The van der Waals surface area contributed by atoms with E-state index in [2.05, 4.69) is 0 Å². The minimum atomic E-state index is 0.298. The van der Waals surface area contributed by atoms with Gasteiger partial charge in [0.1, 0.15) is 5.75 Å². The van der Waals surface area contributed by atoms with Gasteiger partial charge >= 0.3 is 0 Å². The molecule has 0 aliphatic heterocycles. The molecule has 1 N–H and O–H groups in total. The van der Waals surface area contributed by atoms with E-state index in [0.29, 0.717) is 5.75 Å². The van der Waals surface area contributed by atoms with Gasteiger partial charge in [-0.05, 0) is 24.3 Å². The van der Waals surface area contributed by atoms with Crippen molar-refractivity contribution in [3.05, 3.63) is 35.9 Å². The van der Waals surface area contributed by atoms with Crippen LogP contribution in [0.25, 0.3) is 0 Å². The molecular formula is C9H9ClOS. The molecule has 3 heteroatoms. The number of hydrogen-bond donors (Lipinski definition) is 1. The summed E-state index contributed by atoms with van der Waals surface area (Å²) in [4.78, 5) is 1.13. The molecule has 1 aromatic rings. The van der Waals surface area contributed by atoms with E-state index in [-0.39, 0.29) is 0 Å². The molecule has 0 aromatic heterocycles. The number of aromatic hydroxyl groups is 1. The van der Waals surface area contributed by atoms with Gasteiger partial charge in [0.2, 0.25) is 0 Å². The van der Waals surface area contributed by atoms with E-state index >= 15 is 0 Å². The van der Waals surface area contributed by atoms with Gasteiger partial charge in [0.15, 0.2) is 0 Å². The molecule has 0 unspecified atom stereocenters. The highest BCUT2D eigenvalue weighted by atomic mass is 35.5. The van der Waals surface area contributed by atoms with Crippen molar-refractivity contribution in [2.75, 3.05) is 5.75 Å². The molecular weight excluding hydrogens is 192 g/mol. The zero-order chi connectivity index (χ0) is 8.81. The largest absolute Gasteiger partial charge is 0.508 e. The molecule has 0 bridgehead atoms. The van der Waals surface area contributed by atoms with E-state index in [9.17, 15) is 0 Å². The first-order valence-electron chi connectivity index (χ1n) is 3.50. The van der Waals surface area contributed by atoms with Crippen molar-refractivity contribution in [3.8, 4) is 5.75 Å². The topological polar surface area (TPSA) is 20.2 Å². The Hall–Kier alpha value is -0.600. The van der Waals surface area contributed by atoms with Crippen molar-refractivity contribution in [1.82, 2.24) is 0 Å². The number of thioether (sulfide) groups is 1. The molecule has 0 amide bonds. The van der Waals surface area contributed by atoms with Gasteiger partial charge < -0.3 is 5.11 Å². The minimum Gasteiger partial charge on any atom is -0.508 e. The molecule has 1 nitrogen and oxygen atoms in total. The number of benzene rings is 1. The van der Waals surface area contributed by atoms with Gasteiger partial charge in [-0.2, -0.15) is 0 Å². The van der Waals surface area contributed by atoms with E-state index in [4.69, 9.17) is 16.7 Å². The molecule has 0 spiro atoms. The molecule has 0 saturated carbocycles. The first-order chi connectivity index (χ1) is 5.83. The lowest BCUT2D eigenvalue weighted by molar-refractivity contribution is 0.475. The van der Waals surface area contributed by atoms with Crippen molar-refractivity contribution in [2.24, 2.45) is 0 Å². The first kappa shape index (κ1) is 9.49. The maximum Gasteiger partial charge on any atom is 0.115 e. The maximum atomic E-state index is 8.98. The normalized spacial score (nSPS) is 10.8. The Morgan fingerprint density at radius 3 is 2.58 bits per heavy atom. The van der Waals surface area contributed by atoms with Crippen LogP contribution in [-0.4, -0.2) is 10.9 Å². The predicted molar refractivity (Wildman–Crippen MR) is 53.8 cm³/mol. The lowest BCUT2D eigenvalue weighted by Crippen LogP contribution is -1.72. The van der Waals surface area contributed by atoms with E-state index in [0.717, 1.165) is 10.6 Å². The quantitative estimate of drug-likeness (QED) is 0.756. The van der Waals surface area contributed by atoms with Gasteiger partial charge in [-0.15, -0.1) is 11.8 Å². The summed E-state index contributed by atoms with van der Waals surface area (Å²) in [6.45, 7) is 0. The zero-order valence-electron chi connectivity index (χ0n) is 6.40. The van der Waals surface area contributed by atoms with E-state index in [1.165, 1.54) is 5.54 Å². The summed E-state index contributed by atoms with van der Waals surface area (Å²) in [6, 6.07) is 7.10. The third-order valence-electron chi connectivity index (χ3n) is 1.27. The number of hydrogen-bond acceptors (Lipinski definition) is 2. The average Bonchev–Trinajstić information content (AvgIpc) is 2.09. The molecule has 0 saturated heterocycles. The first-order valence-corrected chi connectivity index (χ1v) is 4.92. The Morgan fingerprint density at radius 1 is 1.33 bits per heavy atom. The van der Waals surface area contributed by atoms with Crippen LogP contribution in [0.2, 0.25) is 0 Å². The highest BCUT2D eigenvalue weighted by Crippen LogP contribution is 2.20. The van der Waals surface area contributed by atoms with Gasteiger partial charge in [-0.3, -0.25) is 0 Å². The smallest absolute Gasteiger partial charge is 0.115 e. The summed E-state index contributed by atoms with van der Waals surface area (Å²) in [5.74, 6) is 1.15. The lowest BCUT2D eigenvalue weighted by Gasteiger charge is -1.97. The number of halogens is 1. The molecule has 1 aromatic carbocycles. The predicted octanol–water partition coefficient (Wildman–Crippen LogP) is 3.24. The molecule has 1 rings (SSSR count). The lowest BCUT2D eigenvalue weighted by atomic mass is 10.3. The van der Waals surface area contributed by atoms with Gasteiger partial charge in [0.25, 0.3) is 0 Å². The SMILES string of the molecule is Oc1ccc(SCC=CCl)cc1. The zero-order valence-corrected chi connectivity index (χ0v) is 7.98. The van der Waals surface area contributed by atoms with Gasteiger partial charge in [-0.25, -0.2) is 0 Å². The van der Waals surface area contributed by atoms with E-state index < -0.39 is 0 Å². The fraction of sp³-hybridized carbons (Fsp3) is 0.111. The van der Waals surface area contributed by atoms with Crippen molar-refractivity contribution in [3.63, 3.8) is 0 Å². The van der Waals surface area contributed by atoms with Gasteiger partial charge in [-0.1, -0.05) is 17.7 Å². The van der Waals surface area contributed by atoms with Crippen LogP contribution in [0.15, 0.2) is 40.8 Å². The number of rotatable bonds is 3. The van der Waals surface area contributed by atoms with E-state index in [1.54, 1.807) is 23.9 Å². The second kappa shape index (κ2) is 5.12. The van der Waals surface area contributed by atoms with Crippen LogP contribution in [0.4, 0.5) is 0 Å². The van der Waals surface area contributed by atoms with Crippen LogP contribution in [0.5, 0.6) is 5.75 Å². The summed E-state index contributed by atoms with van der Waals surface area (Å²) >= 11 is 7.03. The number of phenolic OH excluding ortho intramolecular Hbond substituents is 1. The monoisotopic (exact) mass is 200 g/mol. The summed E-state index contributed by atoms with van der Waals surface area (Å²) in [5, 5.41) is 8.98. The Kier molecular flexibility index (Phi) is 4.05. The molecule has 0 atom stereocenters. The van der Waals surface area contributed by atoms with Gasteiger partial charge in [0, 0.05) is 16.2 Å². The van der Waals surface area contributed by atoms with Crippen molar-refractivity contribution in [2.45, 2.75) is 4.90 Å². The van der Waals surface area contributed by atoms with Crippen LogP contribution >= 0.6 is 23.4 Å². The summed E-state index contributed by atoms with van der Waals surface area (Å²) in [7, 11) is 0. The van der Waals surface area contributed by atoms with Crippen molar-refractivity contribution in [1.29, 1.82) is 0 Å². The molecule has 0 radical (unpaired) electrons. The minimum absolute atomic E-state index is 0.298. The molecule has 64 valence electrons. The van der Waals surface area contributed by atoms with Crippen LogP contribution in [0.1, 0.15) is 0 Å². The summed E-state index contributed by atoms with van der Waals surface area (Å²) in [5.41, 5.74) is 1.51. The fourth-order valence-corrected chi connectivity index (χ4v) is 1.63. The standard InChI is InChI=1S/C9H9ClOS/c10-6-1-7-12-9-4-2-8(11)3-5-9/h1-6,11H,7H2. The van der Waals surface area contributed by atoms with Crippen molar-refractivity contribution < 1.29 is 5.11 Å².